The van der Waals surface area contributed by atoms with Gasteiger partial charge in [-0.1, -0.05) is 0 Å². The van der Waals surface area contributed by atoms with E-state index in [4.69, 9.17) is 4.74 Å². The first-order valence-corrected chi connectivity index (χ1v) is 6.73. The Morgan fingerprint density at radius 3 is 2.95 bits per heavy atom. The Hall–Kier alpha value is -1.50. The SMILES string of the molecule is COCCCNC(=O)Cn1nc(C(F)F)cc1C1CC1. The van der Waals surface area contributed by atoms with E-state index in [0.29, 0.717) is 13.2 Å². The number of rotatable bonds is 8. The number of carbonyl (C=O) groups excluding carboxylic acids is 1. The minimum absolute atomic E-state index is 0.00840. The van der Waals surface area contributed by atoms with E-state index in [-0.39, 0.29) is 24.1 Å². The molecule has 5 nitrogen and oxygen atoms in total. The molecule has 0 saturated heterocycles. The number of ether oxygens (including phenoxy) is 1. The summed E-state index contributed by atoms with van der Waals surface area (Å²) >= 11 is 0. The molecule has 0 aromatic carbocycles. The van der Waals surface area contributed by atoms with Gasteiger partial charge in [-0.15, -0.1) is 0 Å². The van der Waals surface area contributed by atoms with Crippen molar-refractivity contribution in [1.29, 1.82) is 0 Å². The number of nitrogens with one attached hydrogen (secondary N) is 1. The van der Waals surface area contributed by atoms with Crippen LogP contribution >= 0.6 is 0 Å². The summed E-state index contributed by atoms with van der Waals surface area (Å²) in [5.41, 5.74) is 0.492. The minimum Gasteiger partial charge on any atom is -0.385 e. The Morgan fingerprint density at radius 1 is 1.60 bits per heavy atom. The summed E-state index contributed by atoms with van der Waals surface area (Å²) in [7, 11) is 1.60. The van der Waals surface area contributed by atoms with Gasteiger partial charge >= 0.3 is 0 Å². The van der Waals surface area contributed by atoms with Crippen LogP contribution in [0.4, 0.5) is 8.78 Å². The van der Waals surface area contributed by atoms with Crippen molar-refractivity contribution < 1.29 is 18.3 Å². The van der Waals surface area contributed by atoms with E-state index >= 15 is 0 Å². The van der Waals surface area contributed by atoms with Crippen LogP contribution in [0.3, 0.4) is 0 Å². The van der Waals surface area contributed by atoms with Crippen LogP contribution in [0.1, 0.15) is 43.0 Å². The van der Waals surface area contributed by atoms with Crippen molar-refractivity contribution >= 4 is 5.91 Å². The van der Waals surface area contributed by atoms with E-state index in [2.05, 4.69) is 10.4 Å². The summed E-state index contributed by atoms with van der Waals surface area (Å²) in [6.45, 7) is 1.07. The normalized spacial score (nSPS) is 14.8. The molecule has 1 amide bonds. The quantitative estimate of drug-likeness (QED) is 0.742. The Bertz CT molecular complexity index is 458. The van der Waals surface area contributed by atoms with Gasteiger partial charge in [-0.2, -0.15) is 5.10 Å². The highest BCUT2D eigenvalue weighted by atomic mass is 19.3. The van der Waals surface area contributed by atoms with Crippen molar-refractivity contribution in [3.63, 3.8) is 0 Å². The fraction of sp³-hybridized carbons (Fsp3) is 0.692. The average Bonchev–Trinajstić information content (AvgIpc) is 3.16. The van der Waals surface area contributed by atoms with Crippen LogP contribution in [0.5, 0.6) is 0 Å². The molecule has 1 saturated carbocycles. The number of aromatic nitrogens is 2. The standard InChI is InChI=1S/C13H19F2N3O2/c1-20-6-2-5-16-12(19)8-18-11(9-3-4-9)7-10(17-18)13(14)15/h7,9,13H,2-6,8H2,1H3,(H,16,19). The van der Waals surface area contributed by atoms with E-state index in [9.17, 15) is 13.6 Å². The third-order valence-electron chi connectivity index (χ3n) is 3.19. The Kier molecular flexibility index (Phi) is 5.05. The molecule has 1 heterocycles. The molecule has 2 rings (SSSR count). The zero-order chi connectivity index (χ0) is 14.5. The molecule has 0 unspecified atom stereocenters. The van der Waals surface area contributed by atoms with Crippen LogP contribution in [0.15, 0.2) is 6.07 Å². The second kappa shape index (κ2) is 6.78. The Balaban J connectivity index is 1.92. The average molecular weight is 287 g/mol. The number of carbonyl (C=O) groups is 1. The number of halogens is 2. The molecule has 1 fully saturated rings. The Labute approximate surface area is 116 Å². The first-order valence-electron chi connectivity index (χ1n) is 6.73. The third-order valence-corrected chi connectivity index (χ3v) is 3.19. The number of alkyl halides is 2. The van der Waals surface area contributed by atoms with Gasteiger partial charge in [0, 0.05) is 31.9 Å². The van der Waals surface area contributed by atoms with E-state index in [1.807, 2.05) is 0 Å². The molecule has 0 radical (unpaired) electrons. The summed E-state index contributed by atoms with van der Waals surface area (Å²) < 4.78 is 31.6. The highest BCUT2D eigenvalue weighted by Gasteiger charge is 2.30. The molecular formula is C13H19F2N3O2. The molecule has 20 heavy (non-hydrogen) atoms. The lowest BCUT2D eigenvalue weighted by Gasteiger charge is -2.07. The van der Waals surface area contributed by atoms with Crippen molar-refractivity contribution in [2.75, 3.05) is 20.3 Å². The van der Waals surface area contributed by atoms with Gasteiger partial charge in [-0.05, 0) is 25.3 Å². The molecule has 1 aliphatic carbocycles. The van der Waals surface area contributed by atoms with Crippen molar-refractivity contribution in [2.24, 2.45) is 0 Å². The molecule has 0 aliphatic heterocycles. The molecule has 1 aliphatic rings. The summed E-state index contributed by atoms with van der Waals surface area (Å²) in [6.07, 6.45) is 0.0748. The highest BCUT2D eigenvalue weighted by Crippen LogP contribution is 2.41. The van der Waals surface area contributed by atoms with Gasteiger partial charge in [0.1, 0.15) is 12.2 Å². The summed E-state index contributed by atoms with van der Waals surface area (Å²) in [5, 5.41) is 6.56. The lowest BCUT2D eigenvalue weighted by atomic mass is 10.2. The molecule has 112 valence electrons. The summed E-state index contributed by atoms with van der Waals surface area (Å²) in [4.78, 5) is 11.7. The first-order chi connectivity index (χ1) is 9.61. The van der Waals surface area contributed by atoms with Gasteiger partial charge in [-0.3, -0.25) is 9.48 Å². The lowest BCUT2D eigenvalue weighted by molar-refractivity contribution is -0.121. The van der Waals surface area contributed by atoms with Crippen LogP contribution in [-0.4, -0.2) is 35.9 Å². The molecule has 0 spiro atoms. The van der Waals surface area contributed by atoms with Crippen LogP contribution in [-0.2, 0) is 16.1 Å². The maximum absolute atomic E-state index is 12.7. The lowest BCUT2D eigenvalue weighted by Crippen LogP contribution is -2.29. The monoisotopic (exact) mass is 287 g/mol. The van der Waals surface area contributed by atoms with Crippen LogP contribution < -0.4 is 5.32 Å². The van der Waals surface area contributed by atoms with Gasteiger partial charge in [0.15, 0.2) is 0 Å². The largest absolute Gasteiger partial charge is 0.385 e. The molecule has 0 bridgehead atoms. The number of nitrogens with zero attached hydrogens (tertiary/aromatic N) is 2. The zero-order valence-electron chi connectivity index (χ0n) is 11.4. The predicted octanol–water partition coefficient (Wildman–Crippen LogP) is 1.85. The molecule has 1 N–H and O–H groups in total. The number of hydrogen-bond donors (Lipinski definition) is 1. The predicted molar refractivity (Wildman–Crippen MR) is 68.7 cm³/mol. The van der Waals surface area contributed by atoms with E-state index in [1.165, 1.54) is 10.7 Å². The second-order valence-electron chi connectivity index (χ2n) is 4.92. The van der Waals surface area contributed by atoms with E-state index < -0.39 is 6.43 Å². The van der Waals surface area contributed by atoms with E-state index in [1.54, 1.807) is 7.11 Å². The maximum Gasteiger partial charge on any atom is 0.282 e. The summed E-state index contributed by atoms with van der Waals surface area (Å²) in [5.74, 6) is 0.0585. The topological polar surface area (TPSA) is 56.1 Å². The maximum atomic E-state index is 12.7. The zero-order valence-corrected chi connectivity index (χ0v) is 11.4. The molecule has 7 heteroatoms. The van der Waals surface area contributed by atoms with Gasteiger partial charge in [-0.25, -0.2) is 8.78 Å². The minimum atomic E-state index is -2.60. The number of hydrogen-bond acceptors (Lipinski definition) is 3. The fourth-order valence-electron chi connectivity index (χ4n) is 2.03. The fourth-order valence-corrected chi connectivity index (χ4v) is 2.03. The summed E-state index contributed by atoms with van der Waals surface area (Å²) in [6, 6.07) is 1.42. The second-order valence-corrected chi connectivity index (χ2v) is 4.92. The van der Waals surface area contributed by atoms with Gasteiger partial charge in [0.05, 0.1) is 0 Å². The first kappa shape index (κ1) is 14.9. The smallest absolute Gasteiger partial charge is 0.282 e. The molecule has 1 aromatic heterocycles. The highest BCUT2D eigenvalue weighted by molar-refractivity contribution is 5.75. The van der Waals surface area contributed by atoms with Crippen molar-refractivity contribution in [2.45, 2.75) is 38.2 Å². The van der Waals surface area contributed by atoms with E-state index in [0.717, 1.165) is 25.0 Å². The van der Waals surface area contributed by atoms with Crippen molar-refractivity contribution in [3.05, 3.63) is 17.5 Å². The van der Waals surface area contributed by atoms with Crippen LogP contribution in [0, 0.1) is 0 Å². The van der Waals surface area contributed by atoms with Gasteiger partial charge in [0.25, 0.3) is 6.43 Å². The number of methoxy groups -OCH3 is 1. The third kappa shape index (κ3) is 4.00. The molecular weight excluding hydrogens is 268 g/mol. The number of amides is 1. The molecule has 1 aromatic rings. The molecule has 0 atom stereocenters. The van der Waals surface area contributed by atoms with Gasteiger partial charge < -0.3 is 10.1 Å². The van der Waals surface area contributed by atoms with Crippen LogP contribution in [0.25, 0.3) is 0 Å². The van der Waals surface area contributed by atoms with Crippen molar-refractivity contribution in [1.82, 2.24) is 15.1 Å². The van der Waals surface area contributed by atoms with Crippen LogP contribution in [0.2, 0.25) is 0 Å². The Morgan fingerprint density at radius 2 is 2.35 bits per heavy atom. The van der Waals surface area contributed by atoms with Crippen molar-refractivity contribution in [3.8, 4) is 0 Å². The van der Waals surface area contributed by atoms with Gasteiger partial charge in [0.2, 0.25) is 5.91 Å².